The maximum absolute atomic E-state index is 5.80. The molecule has 0 atom stereocenters. The van der Waals surface area contributed by atoms with Crippen molar-refractivity contribution < 1.29 is 4.74 Å². The molecule has 2 nitrogen and oxygen atoms in total. The first-order chi connectivity index (χ1) is 9.88. The molecule has 0 N–H and O–H groups in total. The van der Waals surface area contributed by atoms with Gasteiger partial charge in [0.2, 0.25) is 0 Å². The zero-order chi connectivity index (χ0) is 13.8. The highest BCUT2D eigenvalue weighted by Crippen LogP contribution is 2.30. The maximum Gasteiger partial charge on any atom is 0.127 e. The highest BCUT2D eigenvalue weighted by atomic mass is 16.5. The van der Waals surface area contributed by atoms with Gasteiger partial charge in [-0.25, -0.2) is 4.98 Å². The topological polar surface area (TPSA) is 22.1 Å². The molecule has 0 spiro atoms. The molecule has 0 saturated carbocycles. The Morgan fingerprint density at radius 2 is 1.85 bits per heavy atom. The van der Waals surface area contributed by atoms with Crippen molar-refractivity contribution >= 4 is 10.9 Å². The summed E-state index contributed by atoms with van der Waals surface area (Å²) in [5.41, 5.74) is 2.97. The first-order valence-corrected chi connectivity index (χ1v) is 6.88. The Balaban J connectivity index is 2.06. The SMILES string of the molecule is CCCOc1ccccc1-c1[c]nc2ccccc2c1. The molecule has 1 aromatic heterocycles. The minimum atomic E-state index is 0.720. The number of pyridine rings is 1. The monoisotopic (exact) mass is 262 g/mol. The van der Waals surface area contributed by atoms with Crippen LogP contribution >= 0.6 is 0 Å². The lowest BCUT2D eigenvalue weighted by molar-refractivity contribution is 0.318. The number of fused-ring (bicyclic) bond motifs is 1. The third-order valence-corrected chi connectivity index (χ3v) is 3.17. The first kappa shape index (κ1) is 12.7. The number of hydrogen-bond acceptors (Lipinski definition) is 2. The molecule has 0 bridgehead atoms. The van der Waals surface area contributed by atoms with Gasteiger partial charge in [0.15, 0.2) is 0 Å². The van der Waals surface area contributed by atoms with Crippen molar-refractivity contribution in [2.24, 2.45) is 0 Å². The summed E-state index contributed by atoms with van der Waals surface area (Å²) in [5, 5.41) is 1.12. The standard InChI is InChI=1S/C18H16NO/c1-2-11-20-18-10-6-4-8-16(18)15-12-14-7-3-5-9-17(14)19-13-15/h3-10,12H,2,11H2,1H3. The van der Waals surface area contributed by atoms with E-state index in [0.717, 1.165) is 40.8 Å². The second-order valence-corrected chi connectivity index (χ2v) is 4.69. The molecule has 0 unspecified atom stereocenters. The summed E-state index contributed by atoms with van der Waals surface area (Å²) in [7, 11) is 0. The van der Waals surface area contributed by atoms with E-state index < -0.39 is 0 Å². The van der Waals surface area contributed by atoms with E-state index in [1.807, 2.05) is 42.5 Å². The summed E-state index contributed by atoms with van der Waals surface area (Å²) >= 11 is 0. The van der Waals surface area contributed by atoms with Gasteiger partial charge in [-0.2, -0.15) is 0 Å². The Kier molecular flexibility index (Phi) is 3.64. The van der Waals surface area contributed by atoms with E-state index in [1.165, 1.54) is 0 Å². The summed E-state index contributed by atoms with van der Waals surface area (Å²) in [4.78, 5) is 4.40. The molecular weight excluding hydrogens is 246 g/mol. The molecule has 0 fully saturated rings. The molecule has 1 heterocycles. The van der Waals surface area contributed by atoms with Gasteiger partial charge in [0.1, 0.15) is 5.75 Å². The van der Waals surface area contributed by atoms with Crippen LogP contribution < -0.4 is 4.74 Å². The Morgan fingerprint density at radius 1 is 1.05 bits per heavy atom. The van der Waals surface area contributed by atoms with Gasteiger partial charge in [-0.1, -0.05) is 43.3 Å². The van der Waals surface area contributed by atoms with Crippen molar-refractivity contribution in [2.75, 3.05) is 6.61 Å². The number of aromatic nitrogens is 1. The third kappa shape index (κ3) is 2.50. The van der Waals surface area contributed by atoms with Gasteiger partial charge < -0.3 is 4.74 Å². The van der Waals surface area contributed by atoms with Crippen LogP contribution in [0.4, 0.5) is 0 Å². The van der Waals surface area contributed by atoms with E-state index in [4.69, 9.17) is 4.74 Å². The van der Waals surface area contributed by atoms with Crippen LogP contribution in [0.1, 0.15) is 13.3 Å². The van der Waals surface area contributed by atoms with Crippen LogP contribution in [0.5, 0.6) is 5.75 Å². The van der Waals surface area contributed by atoms with E-state index in [0.29, 0.717) is 0 Å². The lowest BCUT2D eigenvalue weighted by Crippen LogP contribution is -1.97. The van der Waals surface area contributed by atoms with Crippen LogP contribution in [0.15, 0.2) is 54.6 Å². The average Bonchev–Trinajstić information content (AvgIpc) is 2.53. The molecule has 2 heteroatoms. The molecule has 0 aliphatic rings. The number of rotatable bonds is 4. The Labute approximate surface area is 119 Å². The molecule has 99 valence electrons. The van der Waals surface area contributed by atoms with E-state index in [-0.39, 0.29) is 0 Å². The lowest BCUT2D eigenvalue weighted by Gasteiger charge is -2.10. The second-order valence-electron chi connectivity index (χ2n) is 4.69. The quantitative estimate of drug-likeness (QED) is 0.691. The van der Waals surface area contributed by atoms with Crippen molar-refractivity contribution in [1.29, 1.82) is 0 Å². The fourth-order valence-corrected chi connectivity index (χ4v) is 2.18. The minimum Gasteiger partial charge on any atom is -0.493 e. The van der Waals surface area contributed by atoms with Crippen LogP contribution in [0.2, 0.25) is 0 Å². The zero-order valence-electron chi connectivity index (χ0n) is 11.5. The smallest absolute Gasteiger partial charge is 0.127 e. The predicted molar refractivity (Wildman–Crippen MR) is 81.8 cm³/mol. The molecular formula is C18H16NO. The van der Waals surface area contributed by atoms with Crippen molar-refractivity contribution in [3.05, 3.63) is 60.8 Å². The van der Waals surface area contributed by atoms with Crippen LogP contribution in [-0.4, -0.2) is 11.6 Å². The molecule has 3 aromatic rings. The lowest BCUT2D eigenvalue weighted by atomic mass is 10.0. The highest BCUT2D eigenvalue weighted by Gasteiger charge is 2.07. The summed E-state index contributed by atoms with van der Waals surface area (Å²) < 4.78 is 5.80. The Bertz CT molecular complexity index is 721. The largest absolute Gasteiger partial charge is 0.493 e. The summed E-state index contributed by atoms with van der Waals surface area (Å²) in [5.74, 6) is 0.891. The van der Waals surface area contributed by atoms with Gasteiger partial charge in [0.25, 0.3) is 0 Å². The van der Waals surface area contributed by atoms with Crippen LogP contribution in [-0.2, 0) is 0 Å². The van der Waals surface area contributed by atoms with E-state index in [1.54, 1.807) is 0 Å². The van der Waals surface area contributed by atoms with Crippen molar-refractivity contribution in [3.8, 4) is 16.9 Å². The summed E-state index contributed by atoms with van der Waals surface area (Å²) in [6, 6.07) is 18.2. The number of nitrogens with zero attached hydrogens (tertiary/aromatic N) is 1. The minimum absolute atomic E-state index is 0.720. The molecule has 3 rings (SSSR count). The Morgan fingerprint density at radius 3 is 2.75 bits per heavy atom. The van der Waals surface area contributed by atoms with E-state index >= 15 is 0 Å². The van der Waals surface area contributed by atoms with Crippen LogP contribution in [0.3, 0.4) is 0 Å². The van der Waals surface area contributed by atoms with Gasteiger partial charge in [-0.3, -0.25) is 0 Å². The van der Waals surface area contributed by atoms with Crippen molar-refractivity contribution in [3.63, 3.8) is 0 Å². The molecule has 0 amide bonds. The highest BCUT2D eigenvalue weighted by molar-refractivity contribution is 5.84. The number of benzene rings is 2. The van der Waals surface area contributed by atoms with E-state index in [2.05, 4.69) is 30.2 Å². The number of hydrogen-bond donors (Lipinski definition) is 0. The second kappa shape index (κ2) is 5.74. The fourth-order valence-electron chi connectivity index (χ4n) is 2.18. The van der Waals surface area contributed by atoms with Gasteiger partial charge in [0, 0.05) is 16.5 Å². The molecule has 20 heavy (non-hydrogen) atoms. The average molecular weight is 262 g/mol. The van der Waals surface area contributed by atoms with Gasteiger partial charge in [-0.15, -0.1) is 0 Å². The fraction of sp³-hybridized carbons (Fsp3) is 0.167. The summed E-state index contributed by atoms with van der Waals surface area (Å²) in [6.45, 7) is 2.82. The number of para-hydroxylation sites is 2. The van der Waals surface area contributed by atoms with E-state index in [9.17, 15) is 0 Å². The van der Waals surface area contributed by atoms with Gasteiger partial charge >= 0.3 is 0 Å². The Hall–Kier alpha value is -2.35. The molecule has 0 aliphatic carbocycles. The summed E-state index contributed by atoms with van der Waals surface area (Å²) in [6.07, 6.45) is 4.11. The normalized spacial score (nSPS) is 10.7. The first-order valence-electron chi connectivity index (χ1n) is 6.88. The van der Waals surface area contributed by atoms with Crippen LogP contribution in [0, 0.1) is 6.20 Å². The molecule has 0 aliphatic heterocycles. The van der Waals surface area contributed by atoms with Crippen LogP contribution in [0.25, 0.3) is 22.0 Å². The zero-order valence-corrected chi connectivity index (χ0v) is 11.5. The molecule has 2 aromatic carbocycles. The predicted octanol–water partition coefficient (Wildman–Crippen LogP) is 4.49. The van der Waals surface area contributed by atoms with Gasteiger partial charge in [-0.05, 0) is 24.6 Å². The molecule has 1 radical (unpaired) electrons. The van der Waals surface area contributed by atoms with Gasteiger partial charge in [0.05, 0.1) is 18.3 Å². The maximum atomic E-state index is 5.80. The molecule has 0 saturated heterocycles. The van der Waals surface area contributed by atoms with Crippen molar-refractivity contribution in [1.82, 2.24) is 4.98 Å². The van der Waals surface area contributed by atoms with Crippen molar-refractivity contribution in [2.45, 2.75) is 13.3 Å². The number of ether oxygens (including phenoxy) is 1. The third-order valence-electron chi connectivity index (χ3n) is 3.17.